The standard InChI is InChI=1S/C44H26N4/c1-46-40-25-29(28-45)19-22-34(40)33-23-20-31(26-38(33)30-11-3-2-4-12-30)48-43-18-10-7-15-37(43)39-27-32(21-24-44(39)48)47-41-16-8-5-13-35(41)36-14-6-9-17-42(36)47/h2-27H. The second-order valence-corrected chi connectivity index (χ2v) is 12.0. The van der Waals surface area contributed by atoms with Crippen molar-refractivity contribution < 1.29 is 0 Å². The summed E-state index contributed by atoms with van der Waals surface area (Å²) in [5, 5.41) is 14.3. The van der Waals surface area contributed by atoms with E-state index in [0.717, 1.165) is 44.7 Å². The van der Waals surface area contributed by atoms with Crippen molar-refractivity contribution in [1.29, 1.82) is 5.26 Å². The van der Waals surface area contributed by atoms with Crippen LogP contribution in [0.5, 0.6) is 0 Å². The largest absolute Gasteiger partial charge is 0.309 e. The monoisotopic (exact) mass is 610 g/mol. The van der Waals surface area contributed by atoms with E-state index >= 15 is 0 Å². The van der Waals surface area contributed by atoms with E-state index in [4.69, 9.17) is 6.57 Å². The van der Waals surface area contributed by atoms with Crippen molar-refractivity contribution in [1.82, 2.24) is 9.13 Å². The lowest BCUT2D eigenvalue weighted by atomic mass is 9.92. The first-order chi connectivity index (χ1) is 23.7. The van der Waals surface area contributed by atoms with Crippen LogP contribution in [0.2, 0.25) is 0 Å². The summed E-state index contributed by atoms with van der Waals surface area (Å²) in [6, 6.07) is 56.9. The molecule has 4 heteroatoms. The van der Waals surface area contributed by atoms with Gasteiger partial charge in [-0.1, -0.05) is 97.1 Å². The Morgan fingerprint density at radius 1 is 0.458 bits per heavy atom. The van der Waals surface area contributed by atoms with Crippen LogP contribution in [0.1, 0.15) is 5.56 Å². The summed E-state index contributed by atoms with van der Waals surface area (Å²) in [6.07, 6.45) is 0. The molecular weight excluding hydrogens is 585 g/mol. The Bertz CT molecular complexity index is 2750. The molecule has 222 valence electrons. The molecule has 0 bridgehead atoms. The Labute approximate surface area is 277 Å². The minimum Gasteiger partial charge on any atom is -0.309 e. The van der Waals surface area contributed by atoms with Crippen molar-refractivity contribution in [3.8, 4) is 39.7 Å². The minimum absolute atomic E-state index is 0.466. The second-order valence-electron chi connectivity index (χ2n) is 12.0. The van der Waals surface area contributed by atoms with Gasteiger partial charge in [0.15, 0.2) is 5.69 Å². The molecule has 2 heterocycles. The maximum absolute atomic E-state index is 9.47. The highest BCUT2D eigenvalue weighted by Crippen LogP contribution is 2.41. The molecule has 48 heavy (non-hydrogen) atoms. The zero-order valence-corrected chi connectivity index (χ0v) is 25.8. The van der Waals surface area contributed by atoms with E-state index in [-0.39, 0.29) is 0 Å². The van der Waals surface area contributed by atoms with Gasteiger partial charge in [-0.05, 0) is 82.9 Å². The molecule has 0 aliphatic carbocycles. The Morgan fingerprint density at radius 3 is 1.60 bits per heavy atom. The molecule has 0 atom stereocenters. The maximum Gasteiger partial charge on any atom is 0.196 e. The lowest BCUT2D eigenvalue weighted by Gasteiger charge is -2.16. The Morgan fingerprint density at radius 2 is 0.979 bits per heavy atom. The van der Waals surface area contributed by atoms with Crippen molar-refractivity contribution in [2.75, 3.05) is 0 Å². The lowest BCUT2D eigenvalue weighted by molar-refractivity contribution is 1.17. The molecule has 9 rings (SSSR count). The summed E-state index contributed by atoms with van der Waals surface area (Å²) in [4.78, 5) is 3.80. The summed E-state index contributed by atoms with van der Waals surface area (Å²) in [5.41, 5.74) is 11.6. The number of nitriles is 1. The van der Waals surface area contributed by atoms with E-state index in [1.165, 1.54) is 32.6 Å². The topological polar surface area (TPSA) is 38.0 Å². The molecule has 0 saturated carbocycles. The Hall–Kier alpha value is -6.88. The first kappa shape index (κ1) is 27.4. The minimum atomic E-state index is 0.466. The first-order valence-corrected chi connectivity index (χ1v) is 15.9. The number of hydrogen-bond donors (Lipinski definition) is 0. The van der Waals surface area contributed by atoms with E-state index in [2.05, 4.69) is 141 Å². The maximum atomic E-state index is 9.47. The lowest BCUT2D eigenvalue weighted by Crippen LogP contribution is -1.97. The number of nitrogens with zero attached hydrogens (tertiary/aromatic N) is 4. The van der Waals surface area contributed by atoms with Gasteiger partial charge in [0.05, 0.1) is 34.7 Å². The van der Waals surface area contributed by atoms with Gasteiger partial charge in [-0.25, -0.2) is 4.85 Å². The van der Waals surface area contributed by atoms with Crippen LogP contribution in [0.4, 0.5) is 5.69 Å². The smallest absolute Gasteiger partial charge is 0.196 e. The van der Waals surface area contributed by atoms with Crippen molar-refractivity contribution in [2.45, 2.75) is 0 Å². The van der Waals surface area contributed by atoms with E-state index in [9.17, 15) is 5.26 Å². The predicted octanol–water partition coefficient (Wildman–Crippen LogP) is 11.6. The van der Waals surface area contributed by atoms with Gasteiger partial charge in [0.2, 0.25) is 0 Å². The van der Waals surface area contributed by atoms with Crippen LogP contribution in [-0.2, 0) is 0 Å². The highest BCUT2D eigenvalue weighted by atomic mass is 15.0. The molecule has 9 aromatic rings. The summed E-state index contributed by atoms with van der Waals surface area (Å²) in [7, 11) is 0. The van der Waals surface area contributed by atoms with Crippen molar-refractivity contribution in [2.24, 2.45) is 0 Å². The van der Waals surface area contributed by atoms with Gasteiger partial charge < -0.3 is 9.13 Å². The number of benzene rings is 7. The summed E-state index contributed by atoms with van der Waals surface area (Å²) >= 11 is 0. The van der Waals surface area contributed by atoms with E-state index in [1.807, 2.05) is 24.3 Å². The van der Waals surface area contributed by atoms with Gasteiger partial charge in [-0.3, -0.25) is 0 Å². The quantitative estimate of drug-likeness (QED) is 0.183. The molecule has 0 aliphatic heterocycles. The van der Waals surface area contributed by atoms with Crippen LogP contribution in [0.3, 0.4) is 0 Å². The molecule has 0 fully saturated rings. The number of para-hydroxylation sites is 3. The highest BCUT2D eigenvalue weighted by Gasteiger charge is 2.18. The number of fused-ring (bicyclic) bond motifs is 6. The van der Waals surface area contributed by atoms with Gasteiger partial charge in [0.25, 0.3) is 0 Å². The fourth-order valence-corrected chi connectivity index (χ4v) is 7.26. The van der Waals surface area contributed by atoms with Crippen molar-refractivity contribution >= 4 is 49.3 Å². The number of hydrogen-bond acceptors (Lipinski definition) is 1. The third-order valence-electron chi connectivity index (χ3n) is 9.38. The molecule has 0 amide bonds. The molecule has 0 aliphatic rings. The van der Waals surface area contributed by atoms with E-state index < -0.39 is 0 Å². The highest BCUT2D eigenvalue weighted by molar-refractivity contribution is 6.12. The molecule has 7 aromatic carbocycles. The molecule has 0 N–H and O–H groups in total. The van der Waals surface area contributed by atoms with E-state index in [1.54, 1.807) is 12.1 Å². The van der Waals surface area contributed by atoms with Gasteiger partial charge in [0.1, 0.15) is 0 Å². The summed E-state index contributed by atoms with van der Waals surface area (Å²) in [6.45, 7) is 7.89. The average Bonchev–Trinajstić information content (AvgIpc) is 3.67. The van der Waals surface area contributed by atoms with Gasteiger partial charge >= 0.3 is 0 Å². The molecule has 0 radical (unpaired) electrons. The van der Waals surface area contributed by atoms with Gasteiger partial charge in [-0.15, -0.1) is 0 Å². The van der Waals surface area contributed by atoms with Crippen LogP contribution >= 0.6 is 0 Å². The Balaban J connectivity index is 1.29. The van der Waals surface area contributed by atoms with Crippen LogP contribution < -0.4 is 0 Å². The van der Waals surface area contributed by atoms with Crippen molar-refractivity contribution in [3.63, 3.8) is 0 Å². The summed E-state index contributed by atoms with van der Waals surface area (Å²) in [5.74, 6) is 0. The predicted molar refractivity (Wildman–Crippen MR) is 197 cm³/mol. The third kappa shape index (κ3) is 4.14. The molecule has 0 saturated heterocycles. The molecule has 0 spiro atoms. The molecule has 0 unspecified atom stereocenters. The molecule has 4 nitrogen and oxygen atoms in total. The SMILES string of the molecule is [C-]#[N+]c1cc(C#N)ccc1-c1ccc(-n2c3ccccc3c3cc(-n4c5ccccc5c5ccccc54)ccc32)cc1-c1ccccc1. The zero-order chi connectivity index (χ0) is 32.2. The number of rotatable bonds is 4. The Kier molecular flexibility index (Phi) is 6.22. The molecular formula is C44H26N4. The van der Waals surface area contributed by atoms with Crippen LogP contribution in [0, 0.1) is 17.9 Å². The average molecular weight is 611 g/mol. The fraction of sp³-hybridized carbons (Fsp3) is 0. The van der Waals surface area contributed by atoms with Gasteiger partial charge in [0, 0.05) is 38.5 Å². The normalized spacial score (nSPS) is 11.3. The van der Waals surface area contributed by atoms with Crippen LogP contribution in [0.15, 0.2) is 158 Å². The first-order valence-electron chi connectivity index (χ1n) is 15.9. The zero-order valence-electron chi connectivity index (χ0n) is 25.8. The van der Waals surface area contributed by atoms with Crippen molar-refractivity contribution in [3.05, 3.63) is 175 Å². The third-order valence-corrected chi connectivity index (χ3v) is 9.38. The molecule has 2 aromatic heterocycles. The van der Waals surface area contributed by atoms with Crippen LogP contribution in [0.25, 0.3) is 82.1 Å². The van der Waals surface area contributed by atoms with Crippen LogP contribution in [-0.4, -0.2) is 9.13 Å². The van der Waals surface area contributed by atoms with Gasteiger partial charge in [-0.2, -0.15) is 5.26 Å². The second kappa shape index (κ2) is 10.9. The van der Waals surface area contributed by atoms with E-state index in [0.29, 0.717) is 11.3 Å². The fourth-order valence-electron chi connectivity index (χ4n) is 7.26. The number of aromatic nitrogens is 2. The summed E-state index contributed by atoms with van der Waals surface area (Å²) < 4.78 is 4.70.